The molecule has 1 atom stereocenters. The largest absolute Gasteiger partial charge is 0.120 e. The average molecular weight is 205 g/mol. The molecule has 0 heterocycles. The van der Waals surface area contributed by atoms with E-state index in [2.05, 4.69) is 40.2 Å². The molecule has 0 aliphatic heterocycles. The highest BCUT2D eigenvalue weighted by Crippen LogP contribution is 2.46. The Bertz CT molecular complexity index is 181. The number of allylic oxidation sites excluding steroid dienone is 4. The van der Waals surface area contributed by atoms with E-state index in [1.807, 2.05) is 0 Å². The second-order valence-electron chi connectivity index (χ2n) is 2.52. The Balaban J connectivity index is 2.44. The minimum atomic E-state index is -0.0147. The van der Waals surface area contributed by atoms with Gasteiger partial charge in [0, 0.05) is 5.92 Å². The molecule has 0 spiro atoms. The van der Waals surface area contributed by atoms with Crippen molar-refractivity contribution in [2.45, 2.75) is 9.70 Å². The lowest BCUT2D eigenvalue weighted by Gasteiger charge is -2.15. The third-order valence-electron chi connectivity index (χ3n) is 1.91. The van der Waals surface area contributed by atoms with Crippen molar-refractivity contribution in [1.82, 2.24) is 0 Å². The quantitative estimate of drug-likeness (QED) is 0.421. The Hall–Kier alpha value is 0.250. The maximum atomic E-state index is 6.04. The molecule has 2 rings (SSSR count). The highest BCUT2D eigenvalue weighted by molar-refractivity contribution is 9.10. The molecule has 0 radical (unpaired) electrons. The van der Waals surface area contributed by atoms with E-state index in [-0.39, 0.29) is 9.70 Å². The zero-order valence-corrected chi connectivity index (χ0v) is 7.06. The van der Waals surface area contributed by atoms with Crippen LogP contribution in [0.3, 0.4) is 0 Å². The SMILES string of the molecule is ClC1C2C=CC1(Br)C=C2. The van der Waals surface area contributed by atoms with Gasteiger partial charge in [-0.2, -0.15) is 0 Å². The fourth-order valence-electron chi connectivity index (χ4n) is 1.31. The molecule has 0 amide bonds. The van der Waals surface area contributed by atoms with E-state index in [4.69, 9.17) is 11.6 Å². The molecule has 2 aliphatic rings. The lowest BCUT2D eigenvalue weighted by atomic mass is 10.1. The van der Waals surface area contributed by atoms with Gasteiger partial charge in [-0.3, -0.25) is 0 Å². The van der Waals surface area contributed by atoms with Crippen LogP contribution in [0.5, 0.6) is 0 Å². The third kappa shape index (κ3) is 0.651. The first-order valence-electron chi connectivity index (χ1n) is 2.94. The average Bonchev–Trinajstić information content (AvgIpc) is 2.24. The van der Waals surface area contributed by atoms with Gasteiger partial charge in [-0.05, 0) is 0 Å². The van der Waals surface area contributed by atoms with E-state index >= 15 is 0 Å². The molecule has 2 aliphatic carbocycles. The van der Waals surface area contributed by atoms with Crippen molar-refractivity contribution >= 4 is 27.5 Å². The van der Waals surface area contributed by atoms with Crippen LogP contribution in [0.1, 0.15) is 0 Å². The van der Waals surface area contributed by atoms with E-state index in [0.29, 0.717) is 5.92 Å². The van der Waals surface area contributed by atoms with Crippen LogP contribution in [0.15, 0.2) is 24.3 Å². The van der Waals surface area contributed by atoms with E-state index in [1.54, 1.807) is 0 Å². The molecule has 0 saturated carbocycles. The molecule has 9 heavy (non-hydrogen) atoms. The molecule has 0 aromatic heterocycles. The summed E-state index contributed by atoms with van der Waals surface area (Å²) in [5, 5.41) is 0.206. The summed E-state index contributed by atoms with van der Waals surface area (Å²) in [4.78, 5) is 0. The van der Waals surface area contributed by atoms with Crippen LogP contribution in [0.2, 0.25) is 0 Å². The highest BCUT2D eigenvalue weighted by Gasteiger charge is 2.43. The van der Waals surface area contributed by atoms with Gasteiger partial charge in [0.15, 0.2) is 0 Å². The second kappa shape index (κ2) is 1.64. The first-order chi connectivity index (χ1) is 4.22. The summed E-state index contributed by atoms with van der Waals surface area (Å²) in [7, 11) is 0. The number of fused-ring (bicyclic) bond motifs is 2. The van der Waals surface area contributed by atoms with Crippen molar-refractivity contribution in [3.63, 3.8) is 0 Å². The summed E-state index contributed by atoms with van der Waals surface area (Å²) in [6, 6.07) is 0. The summed E-state index contributed by atoms with van der Waals surface area (Å²) in [5.41, 5.74) is 0. The minimum Gasteiger partial charge on any atom is -0.120 e. The monoisotopic (exact) mass is 204 g/mol. The standard InChI is InChI=1S/C7H6BrCl/c8-7-3-1-5(2-4-7)6(7)9/h1-6H. The first-order valence-corrected chi connectivity index (χ1v) is 4.17. The maximum absolute atomic E-state index is 6.04. The molecule has 0 aromatic rings. The van der Waals surface area contributed by atoms with E-state index in [9.17, 15) is 0 Å². The predicted molar refractivity (Wildman–Crippen MR) is 43.1 cm³/mol. The molecule has 2 heteroatoms. The Labute approximate surface area is 67.7 Å². The van der Waals surface area contributed by atoms with Crippen LogP contribution in [0.25, 0.3) is 0 Å². The molecular weight excluding hydrogens is 199 g/mol. The molecule has 48 valence electrons. The molecule has 0 nitrogen and oxygen atoms in total. The summed E-state index contributed by atoms with van der Waals surface area (Å²) >= 11 is 9.59. The Morgan fingerprint density at radius 1 is 1.33 bits per heavy atom. The van der Waals surface area contributed by atoms with Gasteiger partial charge >= 0.3 is 0 Å². The summed E-state index contributed by atoms with van der Waals surface area (Å²) in [5.74, 6) is 0.464. The fraction of sp³-hybridized carbons (Fsp3) is 0.429. The number of halogens is 2. The molecule has 0 saturated heterocycles. The lowest BCUT2D eigenvalue weighted by Crippen LogP contribution is -2.21. The predicted octanol–water partition coefficient (Wildman–Crippen LogP) is 2.48. The summed E-state index contributed by atoms with van der Waals surface area (Å²) in [6.07, 6.45) is 8.53. The topological polar surface area (TPSA) is 0 Å². The van der Waals surface area contributed by atoms with Gasteiger partial charge in [0.1, 0.15) is 0 Å². The van der Waals surface area contributed by atoms with Crippen molar-refractivity contribution < 1.29 is 0 Å². The van der Waals surface area contributed by atoms with Gasteiger partial charge in [-0.25, -0.2) is 0 Å². The van der Waals surface area contributed by atoms with Gasteiger partial charge in [0.05, 0.1) is 9.70 Å². The molecule has 1 unspecified atom stereocenters. The van der Waals surface area contributed by atoms with Crippen LogP contribution in [-0.4, -0.2) is 9.70 Å². The Morgan fingerprint density at radius 3 is 2.00 bits per heavy atom. The maximum Gasteiger partial charge on any atom is 0.0789 e. The number of hydrogen-bond donors (Lipinski definition) is 0. The molecule has 2 bridgehead atoms. The molecule has 0 N–H and O–H groups in total. The van der Waals surface area contributed by atoms with Gasteiger partial charge in [0.25, 0.3) is 0 Å². The van der Waals surface area contributed by atoms with Gasteiger partial charge < -0.3 is 0 Å². The van der Waals surface area contributed by atoms with Crippen molar-refractivity contribution in [3.8, 4) is 0 Å². The molecular formula is C7H6BrCl. The van der Waals surface area contributed by atoms with Gasteiger partial charge in [-0.1, -0.05) is 40.2 Å². The van der Waals surface area contributed by atoms with Crippen molar-refractivity contribution in [2.24, 2.45) is 5.92 Å². The van der Waals surface area contributed by atoms with E-state index in [1.165, 1.54) is 0 Å². The van der Waals surface area contributed by atoms with Gasteiger partial charge in [-0.15, -0.1) is 11.6 Å². The Kier molecular flexibility index (Phi) is 1.09. The Morgan fingerprint density at radius 2 is 1.89 bits per heavy atom. The molecule has 0 aromatic carbocycles. The van der Waals surface area contributed by atoms with Gasteiger partial charge in [0.2, 0.25) is 0 Å². The normalized spacial score (nSPS) is 53.1. The van der Waals surface area contributed by atoms with E-state index in [0.717, 1.165) is 0 Å². The summed E-state index contributed by atoms with van der Waals surface area (Å²) < 4.78 is -0.0147. The zero-order valence-electron chi connectivity index (χ0n) is 4.72. The van der Waals surface area contributed by atoms with Crippen LogP contribution < -0.4 is 0 Å². The smallest absolute Gasteiger partial charge is 0.0789 e. The van der Waals surface area contributed by atoms with Crippen molar-refractivity contribution in [3.05, 3.63) is 24.3 Å². The number of hydrogen-bond acceptors (Lipinski definition) is 0. The highest BCUT2D eigenvalue weighted by atomic mass is 79.9. The zero-order chi connectivity index (χ0) is 6.48. The van der Waals surface area contributed by atoms with Crippen molar-refractivity contribution in [2.75, 3.05) is 0 Å². The third-order valence-corrected chi connectivity index (χ3v) is 3.85. The van der Waals surface area contributed by atoms with Crippen LogP contribution in [0, 0.1) is 5.92 Å². The van der Waals surface area contributed by atoms with E-state index < -0.39 is 0 Å². The van der Waals surface area contributed by atoms with Crippen molar-refractivity contribution in [1.29, 1.82) is 0 Å². The van der Waals surface area contributed by atoms with Crippen LogP contribution in [0.4, 0.5) is 0 Å². The van der Waals surface area contributed by atoms with Crippen LogP contribution in [-0.2, 0) is 0 Å². The minimum absolute atomic E-state index is 0.0147. The molecule has 0 fully saturated rings. The lowest BCUT2D eigenvalue weighted by molar-refractivity contribution is 0.786. The summed E-state index contributed by atoms with van der Waals surface area (Å²) in [6.45, 7) is 0. The first kappa shape index (κ1) is 5.99. The van der Waals surface area contributed by atoms with Crippen LogP contribution >= 0.6 is 27.5 Å². The second-order valence-corrected chi connectivity index (χ2v) is 4.37. The number of alkyl halides is 2. The fourth-order valence-corrected chi connectivity index (χ4v) is 2.23. The number of rotatable bonds is 0.